The summed E-state index contributed by atoms with van der Waals surface area (Å²) in [6.45, 7) is 6.27. The highest BCUT2D eigenvalue weighted by Crippen LogP contribution is 2.32. The molecule has 0 bridgehead atoms. The van der Waals surface area contributed by atoms with E-state index in [0.717, 1.165) is 26.5 Å². The van der Waals surface area contributed by atoms with Crippen LogP contribution in [0.3, 0.4) is 0 Å². The third-order valence-electron chi connectivity index (χ3n) is 4.79. The number of anilines is 2. The summed E-state index contributed by atoms with van der Waals surface area (Å²) in [4.78, 5) is 18.1. The first-order valence-electron chi connectivity index (χ1n) is 9.09. The Morgan fingerprint density at radius 3 is 2.71 bits per heavy atom. The van der Waals surface area contributed by atoms with Crippen LogP contribution in [0.2, 0.25) is 0 Å². The number of aromatic nitrogens is 1. The molecule has 6 nitrogen and oxygen atoms in total. The smallest absolute Gasteiger partial charge is 0.261 e. The standard InChI is InChI=1S/C20H21N3O3S2/c1-12(2)20-21-17-6-4-15(11-19(17)27-20)22-28(25,26)16-5-7-18-14(10-16)8-9-23(18)13(3)24/h4-7,10-12,22H,8-9H2,1-3H3. The van der Waals surface area contributed by atoms with E-state index in [0.29, 0.717) is 24.6 Å². The van der Waals surface area contributed by atoms with Gasteiger partial charge in [0.05, 0.1) is 25.8 Å². The molecule has 8 heteroatoms. The van der Waals surface area contributed by atoms with E-state index in [1.165, 1.54) is 6.92 Å². The summed E-state index contributed by atoms with van der Waals surface area (Å²) in [5.41, 5.74) is 3.05. The van der Waals surface area contributed by atoms with Crippen molar-refractivity contribution in [3.05, 3.63) is 47.0 Å². The number of rotatable bonds is 4. The van der Waals surface area contributed by atoms with Gasteiger partial charge in [0.15, 0.2) is 0 Å². The Morgan fingerprint density at radius 2 is 2.00 bits per heavy atom. The molecule has 0 atom stereocenters. The summed E-state index contributed by atoms with van der Waals surface area (Å²) in [6.07, 6.45) is 0.656. The van der Waals surface area contributed by atoms with Gasteiger partial charge < -0.3 is 4.90 Å². The van der Waals surface area contributed by atoms with E-state index < -0.39 is 10.0 Å². The summed E-state index contributed by atoms with van der Waals surface area (Å²) >= 11 is 1.58. The highest BCUT2D eigenvalue weighted by molar-refractivity contribution is 7.92. The Hall–Kier alpha value is -2.45. The maximum absolute atomic E-state index is 12.9. The fourth-order valence-corrected chi connectivity index (χ4v) is 5.45. The minimum Gasteiger partial charge on any atom is -0.312 e. The zero-order valence-electron chi connectivity index (χ0n) is 15.9. The van der Waals surface area contributed by atoms with Crippen molar-refractivity contribution < 1.29 is 13.2 Å². The molecule has 1 aliphatic rings. The molecule has 2 heterocycles. The number of thiazole rings is 1. The molecule has 0 spiro atoms. The van der Waals surface area contributed by atoms with Crippen molar-refractivity contribution in [3.8, 4) is 0 Å². The lowest BCUT2D eigenvalue weighted by atomic mass is 10.2. The molecule has 0 saturated carbocycles. The van der Waals surface area contributed by atoms with Crippen LogP contribution in [0.1, 0.15) is 37.3 Å². The number of nitrogens with one attached hydrogen (secondary N) is 1. The number of carbonyl (C=O) groups excluding carboxylic acids is 1. The molecule has 146 valence electrons. The molecule has 0 unspecified atom stereocenters. The number of fused-ring (bicyclic) bond motifs is 2. The number of hydrogen-bond acceptors (Lipinski definition) is 5. The van der Waals surface area contributed by atoms with Gasteiger partial charge in [-0.1, -0.05) is 13.8 Å². The molecule has 0 saturated heterocycles. The molecule has 4 rings (SSSR count). The number of benzene rings is 2. The van der Waals surface area contributed by atoms with Crippen LogP contribution < -0.4 is 9.62 Å². The molecule has 0 fully saturated rings. The van der Waals surface area contributed by atoms with Crippen molar-refractivity contribution in [2.45, 2.75) is 38.0 Å². The maximum Gasteiger partial charge on any atom is 0.261 e. The Labute approximate surface area is 168 Å². The summed E-state index contributed by atoms with van der Waals surface area (Å²) in [6, 6.07) is 10.3. The van der Waals surface area contributed by atoms with Gasteiger partial charge in [0.25, 0.3) is 10.0 Å². The van der Waals surface area contributed by atoms with E-state index in [4.69, 9.17) is 0 Å². The predicted molar refractivity (Wildman–Crippen MR) is 113 cm³/mol. The average molecular weight is 416 g/mol. The van der Waals surface area contributed by atoms with Crippen LogP contribution >= 0.6 is 11.3 Å². The van der Waals surface area contributed by atoms with E-state index in [2.05, 4.69) is 23.6 Å². The number of hydrogen-bond donors (Lipinski definition) is 1. The third-order valence-corrected chi connectivity index (χ3v) is 7.49. The molecule has 1 aromatic heterocycles. The fourth-order valence-electron chi connectivity index (χ4n) is 3.34. The summed E-state index contributed by atoms with van der Waals surface area (Å²) in [7, 11) is -3.72. The highest BCUT2D eigenvalue weighted by atomic mass is 32.2. The first-order valence-corrected chi connectivity index (χ1v) is 11.4. The van der Waals surface area contributed by atoms with Gasteiger partial charge in [-0.05, 0) is 48.4 Å². The van der Waals surface area contributed by atoms with Gasteiger partial charge in [0.2, 0.25) is 5.91 Å². The highest BCUT2D eigenvalue weighted by Gasteiger charge is 2.25. The summed E-state index contributed by atoms with van der Waals surface area (Å²) < 4.78 is 29.3. The quantitative estimate of drug-likeness (QED) is 0.695. The normalized spacial score (nSPS) is 13.9. The van der Waals surface area contributed by atoms with Crippen LogP contribution in [0, 0.1) is 0 Å². The average Bonchev–Trinajstić information content (AvgIpc) is 3.24. The Bertz CT molecular complexity index is 1180. The van der Waals surface area contributed by atoms with Gasteiger partial charge in [0, 0.05) is 25.1 Å². The topological polar surface area (TPSA) is 79.4 Å². The van der Waals surface area contributed by atoms with Crippen molar-refractivity contribution in [2.75, 3.05) is 16.2 Å². The number of carbonyl (C=O) groups is 1. The molecule has 0 radical (unpaired) electrons. The summed E-state index contributed by atoms with van der Waals surface area (Å²) in [5.74, 6) is 0.296. The number of sulfonamides is 1. The van der Waals surface area contributed by atoms with E-state index >= 15 is 0 Å². The first-order chi connectivity index (χ1) is 13.2. The van der Waals surface area contributed by atoms with E-state index in [9.17, 15) is 13.2 Å². The zero-order valence-corrected chi connectivity index (χ0v) is 17.5. The van der Waals surface area contributed by atoms with Crippen molar-refractivity contribution in [3.63, 3.8) is 0 Å². The molecule has 3 aromatic rings. The number of amides is 1. The maximum atomic E-state index is 12.9. The van der Waals surface area contributed by atoms with Crippen molar-refractivity contribution >= 4 is 48.9 Å². The minimum absolute atomic E-state index is 0.0360. The van der Waals surface area contributed by atoms with Crippen molar-refractivity contribution in [1.82, 2.24) is 4.98 Å². The second kappa shape index (κ2) is 6.86. The number of nitrogens with zero attached hydrogens (tertiary/aromatic N) is 2. The van der Waals surface area contributed by atoms with Crippen LogP contribution in [0.15, 0.2) is 41.3 Å². The lowest BCUT2D eigenvalue weighted by Crippen LogP contribution is -2.25. The predicted octanol–water partition coefficient (Wildman–Crippen LogP) is 4.13. The van der Waals surface area contributed by atoms with Gasteiger partial charge in [-0.15, -0.1) is 11.3 Å². The fraction of sp³-hybridized carbons (Fsp3) is 0.300. The van der Waals surface area contributed by atoms with Crippen LogP contribution in [0.5, 0.6) is 0 Å². The zero-order chi connectivity index (χ0) is 20.1. The molecule has 1 N–H and O–H groups in total. The molecular formula is C20H21N3O3S2. The third kappa shape index (κ3) is 3.38. The van der Waals surface area contributed by atoms with Crippen LogP contribution in [-0.4, -0.2) is 25.9 Å². The first kappa shape index (κ1) is 18.9. The SMILES string of the molecule is CC(=O)N1CCc2cc(S(=O)(=O)Nc3ccc4nc(C(C)C)sc4c3)ccc21. The molecule has 2 aromatic carbocycles. The Morgan fingerprint density at radius 1 is 1.21 bits per heavy atom. The Kier molecular flexibility index (Phi) is 4.63. The van der Waals surface area contributed by atoms with Crippen LogP contribution in [0.25, 0.3) is 10.2 Å². The van der Waals surface area contributed by atoms with Gasteiger partial charge >= 0.3 is 0 Å². The summed E-state index contributed by atoms with van der Waals surface area (Å²) in [5, 5.41) is 1.03. The lowest BCUT2D eigenvalue weighted by Gasteiger charge is -2.15. The molecule has 0 aliphatic carbocycles. The van der Waals surface area contributed by atoms with E-state index in [-0.39, 0.29) is 10.8 Å². The second-order valence-electron chi connectivity index (χ2n) is 7.21. The monoisotopic (exact) mass is 415 g/mol. The van der Waals surface area contributed by atoms with Crippen LogP contribution in [0.4, 0.5) is 11.4 Å². The molecule has 1 aliphatic heterocycles. The van der Waals surface area contributed by atoms with Gasteiger partial charge in [-0.3, -0.25) is 9.52 Å². The van der Waals surface area contributed by atoms with Crippen LogP contribution in [-0.2, 0) is 21.2 Å². The van der Waals surface area contributed by atoms with Crippen molar-refractivity contribution in [2.24, 2.45) is 0 Å². The minimum atomic E-state index is -3.72. The Balaban J connectivity index is 1.63. The van der Waals surface area contributed by atoms with E-state index in [1.54, 1.807) is 40.5 Å². The molecule has 1 amide bonds. The van der Waals surface area contributed by atoms with Gasteiger partial charge in [-0.2, -0.15) is 0 Å². The van der Waals surface area contributed by atoms with Gasteiger partial charge in [0.1, 0.15) is 0 Å². The van der Waals surface area contributed by atoms with Gasteiger partial charge in [-0.25, -0.2) is 13.4 Å². The largest absolute Gasteiger partial charge is 0.312 e. The van der Waals surface area contributed by atoms with Crippen molar-refractivity contribution in [1.29, 1.82) is 0 Å². The molecule has 28 heavy (non-hydrogen) atoms. The van der Waals surface area contributed by atoms with E-state index in [1.807, 2.05) is 12.1 Å². The molecular weight excluding hydrogens is 394 g/mol. The lowest BCUT2D eigenvalue weighted by molar-refractivity contribution is -0.116. The second-order valence-corrected chi connectivity index (χ2v) is 9.95.